The zero-order valence-electron chi connectivity index (χ0n) is 19.8. The molecular formula is C25H35ClN2O4. The molecule has 176 valence electrons. The number of anilines is 1. The third-order valence-electron chi connectivity index (χ3n) is 4.84. The molecule has 0 aliphatic rings. The van der Waals surface area contributed by atoms with E-state index in [1.807, 2.05) is 59.7 Å². The highest BCUT2D eigenvalue weighted by Crippen LogP contribution is 2.32. The van der Waals surface area contributed by atoms with Gasteiger partial charge in [-0.1, -0.05) is 12.1 Å². The average molecular weight is 463 g/mol. The van der Waals surface area contributed by atoms with Crippen molar-refractivity contribution >= 4 is 23.4 Å². The van der Waals surface area contributed by atoms with E-state index in [1.54, 1.807) is 18.2 Å². The van der Waals surface area contributed by atoms with Crippen LogP contribution in [0, 0.1) is 0 Å². The molecule has 0 radical (unpaired) electrons. The van der Waals surface area contributed by atoms with Crippen LogP contribution in [0.4, 0.5) is 10.5 Å². The second-order valence-corrected chi connectivity index (χ2v) is 10.6. The first-order chi connectivity index (χ1) is 14.7. The first kappa shape index (κ1) is 25.7. The van der Waals surface area contributed by atoms with Gasteiger partial charge in [0, 0.05) is 12.6 Å². The van der Waals surface area contributed by atoms with E-state index in [-0.39, 0.29) is 17.5 Å². The fourth-order valence-electron chi connectivity index (χ4n) is 3.16. The Kier molecular flexibility index (Phi) is 8.29. The van der Waals surface area contributed by atoms with Crippen LogP contribution in [0.1, 0.15) is 64.7 Å². The Hall–Kier alpha value is -2.60. The van der Waals surface area contributed by atoms with Gasteiger partial charge < -0.3 is 25.6 Å². The lowest BCUT2D eigenvalue weighted by Gasteiger charge is -2.22. The molecule has 0 spiro atoms. The van der Waals surface area contributed by atoms with Gasteiger partial charge in [-0.25, -0.2) is 4.79 Å². The van der Waals surface area contributed by atoms with E-state index in [4.69, 9.17) is 16.3 Å². The van der Waals surface area contributed by atoms with Crippen LogP contribution in [0.25, 0.3) is 0 Å². The maximum absolute atomic E-state index is 11.9. The Morgan fingerprint density at radius 1 is 1.06 bits per heavy atom. The predicted octanol–water partition coefficient (Wildman–Crippen LogP) is 6.03. The van der Waals surface area contributed by atoms with Crippen LogP contribution in [0.2, 0.25) is 0 Å². The molecular weight excluding hydrogens is 428 g/mol. The van der Waals surface area contributed by atoms with Crippen molar-refractivity contribution in [3.63, 3.8) is 0 Å². The Morgan fingerprint density at radius 3 is 2.34 bits per heavy atom. The number of nitrogens with one attached hydrogen (secondary N) is 2. The van der Waals surface area contributed by atoms with E-state index >= 15 is 0 Å². The van der Waals surface area contributed by atoms with Gasteiger partial charge in [-0.2, -0.15) is 0 Å². The van der Waals surface area contributed by atoms with Crippen molar-refractivity contribution in [3.8, 4) is 11.5 Å². The normalized spacial score (nSPS) is 12.8. The second-order valence-electron chi connectivity index (χ2n) is 9.65. The van der Waals surface area contributed by atoms with Crippen molar-refractivity contribution in [2.45, 2.75) is 77.4 Å². The van der Waals surface area contributed by atoms with E-state index in [0.717, 1.165) is 16.7 Å². The zero-order valence-corrected chi connectivity index (χ0v) is 20.5. The number of ether oxygens (including phenoxy) is 1. The lowest BCUT2D eigenvalue weighted by molar-refractivity contribution is 0.0506. The van der Waals surface area contributed by atoms with Crippen LogP contribution < -0.4 is 10.6 Å². The molecule has 0 bridgehead atoms. The Bertz CT molecular complexity index is 933. The predicted molar refractivity (Wildman–Crippen MR) is 130 cm³/mol. The number of hydrogen-bond acceptors (Lipinski definition) is 5. The van der Waals surface area contributed by atoms with Crippen LogP contribution in [0.3, 0.4) is 0 Å². The van der Waals surface area contributed by atoms with Crippen LogP contribution in [0.15, 0.2) is 36.4 Å². The number of benzene rings is 2. The number of hydrogen-bond donors (Lipinski definition) is 4. The lowest BCUT2D eigenvalue weighted by Crippen LogP contribution is -2.37. The molecule has 2 aromatic carbocycles. The monoisotopic (exact) mass is 462 g/mol. The summed E-state index contributed by atoms with van der Waals surface area (Å²) < 4.78 is 5.27. The number of amides is 1. The van der Waals surface area contributed by atoms with Crippen molar-refractivity contribution < 1.29 is 19.7 Å². The molecule has 0 aromatic heterocycles. The number of aromatic hydroxyl groups is 2. The minimum atomic E-state index is -0.591. The molecule has 6 nitrogen and oxygen atoms in total. The van der Waals surface area contributed by atoms with Gasteiger partial charge in [0.25, 0.3) is 0 Å². The van der Waals surface area contributed by atoms with E-state index < -0.39 is 16.6 Å². The van der Waals surface area contributed by atoms with Gasteiger partial charge in [-0.3, -0.25) is 0 Å². The molecule has 0 heterocycles. The molecule has 1 amide bonds. The summed E-state index contributed by atoms with van der Waals surface area (Å²) in [5.41, 5.74) is 2.72. The standard InChI is InChI=1S/C25H35ClN2O4/c1-16(28-23(31)32-24(2,3)4)7-8-17-9-10-21(22(30)13-17)27-15-18-11-19(25(5,6)26)14-20(29)12-18/h9-14,16,27,29-30H,7-8,15H2,1-6H3,(H,28,31). The van der Waals surface area contributed by atoms with Gasteiger partial charge in [0.2, 0.25) is 0 Å². The van der Waals surface area contributed by atoms with Gasteiger partial charge in [0.05, 0.1) is 10.6 Å². The molecule has 0 fully saturated rings. The van der Waals surface area contributed by atoms with Crippen LogP contribution >= 0.6 is 11.6 Å². The quantitative estimate of drug-likeness (QED) is 0.284. The summed E-state index contributed by atoms with van der Waals surface area (Å²) in [4.78, 5) is 11.3. The van der Waals surface area contributed by atoms with Gasteiger partial charge in [-0.05, 0) is 95.3 Å². The Labute approximate surface area is 195 Å². The number of alkyl carbamates (subject to hydrolysis) is 1. The molecule has 0 aliphatic carbocycles. The van der Waals surface area contributed by atoms with Crippen LogP contribution in [-0.4, -0.2) is 27.9 Å². The van der Waals surface area contributed by atoms with E-state index in [0.29, 0.717) is 25.1 Å². The lowest BCUT2D eigenvalue weighted by atomic mass is 9.99. The molecule has 32 heavy (non-hydrogen) atoms. The second kappa shape index (κ2) is 10.3. The highest BCUT2D eigenvalue weighted by atomic mass is 35.5. The van der Waals surface area contributed by atoms with Crippen molar-refractivity contribution in [2.24, 2.45) is 0 Å². The topological polar surface area (TPSA) is 90.8 Å². The summed E-state index contributed by atoms with van der Waals surface area (Å²) in [5.74, 6) is 0.301. The van der Waals surface area contributed by atoms with Crippen molar-refractivity contribution in [1.29, 1.82) is 0 Å². The number of halogens is 1. The summed E-state index contributed by atoms with van der Waals surface area (Å²) in [6, 6.07) is 10.7. The molecule has 0 saturated heterocycles. The number of aryl methyl sites for hydroxylation is 1. The third kappa shape index (κ3) is 8.50. The number of alkyl halides is 1. The smallest absolute Gasteiger partial charge is 0.407 e. The molecule has 0 aliphatic heterocycles. The zero-order chi connectivity index (χ0) is 24.1. The SMILES string of the molecule is CC(CCc1ccc(NCc2cc(O)cc(C(C)(C)Cl)c2)c(O)c1)NC(=O)OC(C)(C)C. The minimum absolute atomic E-state index is 0.0593. The maximum Gasteiger partial charge on any atom is 0.407 e. The number of carbonyl (C=O) groups is 1. The minimum Gasteiger partial charge on any atom is -0.508 e. The van der Waals surface area contributed by atoms with Gasteiger partial charge in [-0.15, -0.1) is 11.6 Å². The van der Waals surface area contributed by atoms with Gasteiger partial charge in [0.1, 0.15) is 17.1 Å². The average Bonchev–Trinajstić information content (AvgIpc) is 2.63. The molecule has 1 atom stereocenters. The van der Waals surface area contributed by atoms with Gasteiger partial charge in [0.15, 0.2) is 0 Å². The summed E-state index contributed by atoms with van der Waals surface area (Å²) >= 11 is 6.37. The van der Waals surface area contributed by atoms with Crippen molar-refractivity contribution in [2.75, 3.05) is 5.32 Å². The fourth-order valence-corrected chi connectivity index (χ4v) is 3.27. The summed E-state index contributed by atoms with van der Waals surface area (Å²) in [6.45, 7) is 11.6. The van der Waals surface area contributed by atoms with Gasteiger partial charge >= 0.3 is 6.09 Å². The molecule has 2 aromatic rings. The highest BCUT2D eigenvalue weighted by molar-refractivity contribution is 6.23. The number of phenolic OH excluding ortho intramolecular Hbond substituents is 2. The maximum atomic E-state index is 11.9. The fraction of sp³-hybridized carbons (Fsp3) is 0.480. The molecule has 7 heteroatoms. The number of rotatable bonds is 8. The van der Waals surface area contributed by atoms with E-state index in [9.17, 15) is 15.0 Å². The number of carbonyl (C=O) groups excluding carboxylic acids is 1. The first-order valence-corrected chi connectivity index (χ1v) is 11.2. The molecule has 2 rings (SSSR count). The largest absolute Gasteiger partial charge is 0.508 e. The van der Waals surface area contributed by atoms with Crippen molar-refractivity contribution in [3.05, 3.63) is 53.1 Å². The molecule has 1 unspecified atom stereocenters. The van der Waals surface area contributed by atoms with E-state index in [1.165, 1.54) is 0 Å². The first-order valence-electron chi connectivity index (χ1n) is 10.8. The molecule has 0 saturated carbocycles. The Balaban J connectivity index is 1.92. The summed E-state index contributed by atoms with van der Waals surface area (Å²) in [5, 5.41) is 26.4. The van der Waals surface area contributed by atoms with Crippen LogP contribution in [-0.2, 0) is 22.6 Å². The summed E-state index contributed by atoms with van der Waals surface area (Å²) in [6.07, 6.45) is 0.983. The number of phenols is 2. The van der Waals surface area contributed by atoms with E-state index in [2.05, 4.69) is 10.6 Å². The highest BCUT2D eigenvalue weighted by Gasteiger charge is 2.19. The van der Waals surface area contributed by atoms with Crippen molar-refractivity contribution in [1.82, 2.24) is 5.32 Å². The molecule has 4 N–H and O–H groups in total. The van der Waals surface area contributed by atoms with Crippen LogP contribution in [0.5, 0.6) is 11.5 Å². The third-order valence-corrected chi connectivity index (χ3v) is 5.06. The summed E-state index contributed by atoms with van der Waals surface area (Å²) in [7, 11) is 0. The Morgan fingerprint density at radius 2 is 1.75 bits per heavy atom.